The topological polar surface area (TPSA) is 114 Å². The molecule has 1 aromatic carbocycles. The van der Waals surface area contributed by atoms with Gasteiger partial charge in [0.25, 0.3) is 5.91 Å². The average Bonchev–Trinajstić information content (AvgIpc) is 2.76. The minimum atomic E-state index is -1.35. The van der Waals surface area contributed by atoms with Crippen LogP contribution in [0.5, 0.6) is 0 Å². The number of hydrogen-bond acceptors (Lipinski definition) is 2. The highest BCUT2D eigenvalue weighted by molar-refractivity contribution is 6.03. The van der Waals surface area contributed by atoms with Gasteiger partial charge < -0.3 is 16.5 Å². The predicted octanol–water partition coefficient (Wildman–Crippen LogP) is 1.69. The maximum atomic E-state index is 13.7. The number of halogens is 3. The van der Waals surface area contributed by atoms with Crippen molar-refractivity contribution in [1.29, 1.82) is 0 Å². The highest BCUT2D eigenvalue weighted by Gasteiger charge is 2.18. The van der Waals surface area contributed by atoms with E-state index in [-0.39, 0.29) is 22.6 Å². The SMILES string of the molecule is NC(=O)Nc1[nH]c(-c2cc(F)c(F)cc2F)cc1C(N)=O. The minimum absolute atomic E-state index is 0.0797. The number of carbonyl (C=O) groups is 2. The van der Waals surface area contributed by atoms with Crippen molar-refractivity contribution in [3.05, 3.63) is 41.2 Å². The number of nitrogens with one attached hydrogen (secondary N) is 2. The lowest BCUT2D eigenvalue weighted by Gasteiger charge is -2.02. The Kier molecular flexibility index (Phi) is 3.57. The lowest BCUT2D eigenvalue weighted by Crippen LogP contribution is -2.22. The molecule has 1 heterocycles. The van der Waals surface area contributed by atoms with Gasteiger partial charge in [0.2, 0.25) is 0 Å². The standard InChI is InChI=1S/C12H9F3N4O2/c13-6-3-8(15)7(14)1-4(6)9-2-5(10(16)20)11(18-9)19-12(17)21/h1-3,18H,(H2,16,20)(H3,17,19,21). The summed E-state index contributed by atoms with van der Waals surface area (Å²) >= 11 is 0. The highest BCUT2D eigenvalue weighted by Crippen LogP contribution is 2.28. The first kappa shape index (κ1) is 14.4. The molecule has 2 aromatic rings. The van der Waals surface area contributed by atoms with Crippen LogP contribution in [0.3, 0.4) is 0 Å². The summed E-state index contributed by atoms with van der Waals surface area (Å²) in [6, 6.07) is 1.06. The number of aromatic amines is 1. The molecular formula is C12H9F3N4O2. The van der Waals surface area contributed by atoms with Gasteiger partial charge >= 0.3 is 6.03 Å². The number of primary amides is 2. The Bertz CT molecular complexity index is 742. The van der Waals surface area contributed by atoms with E-state index in [1.165, 1.54) is 0 Å². The number of benzene rings is 1. The fraction of sp³-hybridized carbons (Fsp3) is 0. The maximum absolute atomic E-state index is 13.7. The van der Waals surface area contributed by atoms with Crippen LogP contribution in [0.2, 0.25) is 0 Å². The molecule has 2 rings (SSSR count). The van der Waals surface area contributed by atoms with Gasteiger partial charge in [-0.05, 0) is 12.1 Å². The van der Waals surface area contributed by atoms with E-state index in [0.29, 0.717) is 12.1 Å². The third-order valence-corrected chi connectivity index (χ3v) is 2.63. The number of carbonyl (C=O) groups excluding carboxylic acids is 2. The van der Waals surface area contributed by atoms with Gasteiger partial charge in [-0.25, -0.2) is 18.0 Å². The molecule has 1 aromatic heterocycles. The summed E-state index contributed by atoms with van der Waals surface area (Å²) in [5.41, 5.74) is 9.40. The van der Waals surface area contributed by atoms with Crippen LogP contribution < -0.4 is 16.8 Å². The number of nitrogens with two attached hydrogens (primary N) is 2. The van der Waals surface area contributed by atoms with Crippen LogP contribution in [0, 0.1) is 17.5 Å². The normalized spacial score (nSPS) is 10.4. The number of anilines is 1. The molecule has 0 radical (unpaired) electrons. The van der Waals surface area contributed by atoms with Crippen molar-refractivity contribution in [3.8, 4) is 11.3 Å². The van der Waals surface area contributed by atoms with Crippen molar-refractivity contribution in [2.45, 2.75) is 0 Å². The van der Waals surface area contributed by atoms with Crippen molar-refractivity contribution >= 4 is 17.8 Å². The lowest BCUT2D eigenvalue weighted by atomic mass is 10.1. The van der Waals surface area contributed by atoms with Crippen LogP contribution >= 0.6 is 0 Å². The molecule has 3 amide bonds. The van der Waals surface area contributed by atoms with E-state index in [2.05, 4.69) is 10.3 Å². The van der Waals surface area contributed by atoms with E-state index in [1.807, 2.05) is 0 Å². The Morgan fingerprint density at radius 1 is 1.00 bits per heavy atom. The van der Waals surface area contributed by atoms with E-state index in [1.54, 1.807) is 0 Å². The molecule has 0 atom stereocenters. The van der Waals surface area contributed by atoms with Crippen LogP contribution in [0.1, 0.15) is 10.4 Å². The second kappa shape index (κ2) is 5.19. The molecule has 0 fully saturated rings. The number of amides is 3. The zero-order valence-corrected chi connectivity index (χ0v) is 10.3. The van der Waals surface area contributed by atoms with Crippen molar-refractivity contribution in [2.75, 3.05) is 5.32 Å². The summed E-state index contributed by atoms with van der Waals surface area (Å²) in [5, 5.41) is 2.08. The monoisotopic (exact) mass is 298 g/mol. The smallest absolute Gasteiger partial charge is 0.317 e. The Morgan fingerprint density at radius 2 is 1.62 bits per heavy atom. The Labute approximate surface area is 115 Å². The first-order valence-electron chi connectivity index (χ1n) is 5.53. The van der Waals surface area contributed by atoms with E-state index < -0.39 is 29.4 Å². The quantitative estimate of drug-likeness (QED) is 0.646. The summed E-state index contributed by atoms with van der Waals surface area (Å²) in [7, 11) is 0. The third-order valence-electron chi connectivity index (χ3n) is 2.63. The van der Waals surface area contributed by atoms with Crippen LogP contribution in [-0.2, 0) is 0 Å². The Balaban J connectivity index is 2.57. The summed E-state index contributed by atoms with van der Waals surface area (Å²) in [6.45, 7) is 0. The molecule has 0 aliphatic carbocycles. The highest BCUT2D eigenvalue weighted by atomic mass is 19.2. The van der Waals surface area contributed by atoms with Gasteiger partial charge in [0.15, 0.2) is 11.6 Å². The molecule has 0 aliphatic heterocycles. The van der Waals surface area contributed by atoms with Crippen LogP contribution in [0.15, 0.2) is 18.2 Å². The maximum Gasteiger partial charge on any atom is 0.317 e. The van der Waals surface area contributed by atoms with Gasteiger partial charge in [0, 0.05) is 11.6 Å². The summed E-state index contributed by atoms with van der Waals surface area (Å²) < 4.78 is 39.7. The Hall–Kier alpha value is -2.97. The van der Waals surface area contributed by atoms with Gasteiger partial charge in [-0.1, -0.05) is 0 Å². The van der Waals surface area contributed by atoms with Gasteiger partial charge in [0.1, 0.15) is 11.6 Å². The molecule has 0 aliphatic rings. The van der Waals surface area contributed by atoms with Gasteiger partial charge in [-0.2, -0.15) is 0 Å². The predicted molar refractivity (Wildman–Crippen MR) is 67.8 cm³/mol. The molecule has 0 saturated carbocycles. The summed E-state index contributed by atoms with van der Waals surface area (Å²) in [6.07, 6.45) is 0. The number of aromatic nitrogens is 1. The molecule has 0 saturated heterocycles. The Morgan fingerprint density at radius 3 is 2.19 bits per heavy atom. The van der Waals surface area contributed by atoms with Crippen LogP contribution in [-0.4, -0.2) is 16.9 Å². The second-order valence-corrected chi connectivity index (χ2v) is 4.07. The second-order valence-electron chi connectivity index (χ2n) is 4.07. The van der Waals surface area contributed by atoms with E-state index >= 15 is 0 Å². The molecule has 0 unspecified atom stereocenters. The van der Waals surface area contributed by atoms with Crippen molar-refractivity contribution in [2.24, 2.45) is 11.5 Å². The van der Waals surface area contributed by atoms with Crippen molar-refractivity contribution in [1.82, 2.24) is 4.98 Å². The largest absolute Gasteiger partial charge is 0.365 e. The van der Waals surface area contributed by atoms with Gasteiger partial charge in [0.05, 0.1) is 11.3 Å². The first-order valence-corrected chi connectivity index (χ1v) is 5.53. The molecular weight excluding hydrogens is 289 g/mol. The minimum Gasteiger partial charge on any atom is -0.365 e. The molecule has 21 heavy (non-hydrogen) atoms. The molecule has 9 heteroatoms. The fourth-order valence-corrected chi connectivity index (χ4v) is 1.74. The van der Waals surface area contributed by atoms with E-state index in [9.17, 15) is 22.8 Å². The number of urea groups is 1. The zero-order valence-electron chi connectivity index (χ0n) is 10.3. The molecule has 0 bridgehead atoms. The van der Waals surface area contributed by atoms with Gasteiger partial charge in [-0.3, -0.25) is 10.1 Å². The number of hydrogen-bond donors (Lipinski definition) is 4. The van der Waals surface area contributed by atoms with E-state index in [4.69, 9.17) is 11.5 Å². The average molecular weight is 298 g/mol. The molecule has 6 nitrogen and oxygen atoms in total. The number of H-pyrrole nitrogens is 1. The summed E-state index contributed by atoms with van der Waals surface area (Å²) in [4.78, 5) is 24.5. The molecule has 6 N–H and O–H groups in total. The van der Waals surface area contributed by atoms with Gasteiger partial charge in [-0.15, -0.1) is 0 Å². The van der Waals surface area contributed by atoms with Crippen LogP contribution in [0.25, 0.3) is 11.3 Å². The van der Waals surface area contributed by atoms with Crippen molar-refractivity contribution < 1.29 is 22.8 Å². The first-order chi connectivity index (χ1) is 9.79. The van der Waals surface area contributed by atoms with Crippen molar-refractivity contribution in [3.63, 3.8) is 0 Å². The molecule has 110 valence electrons. The number of rotatable bonds is 3. The van der Waals surface area contributed by atoms with Crippen LogP contribution in [0.4, 0.5) is 23.8 Å². The fourth-order valence-electron chi connectivity index (χ4n) is 1.74. The summed E-state index contributed by atoms with van der Waals surface area (Å²) in [5.74, 6) is -4.78. The lowest BCUT2D eigenvalue weighted by molar-refractivity contribution is 0.100. The molecule has 0 spiro atoms. The third kappa shape index (κ3) is 2.81. The van der Waals surface area contributed by atoms with E-state index in [0.717, 1.165) is 6.07 Å². The zero-order chi connectivity index (χ0) is 15.7.